The number of hydrogen-bond acceptors (Lipinski definition) is 2. The molecule has 0 saturated carbocycles. The Morgan fingerprint density at radius 3 is 2.47 bits per heavy atom. The Kier molecular flexibility index (Phi) is 8.73. The standard InChI is InChI=1S/C13H28N2/c1-5-10-15(6-2)11-12(3)8-7-9-13(4)14/h5,12-13H,1,6-11,14H2,2-4H3. The SMILES string of the molecule is C=CCN(CC)CC(C)CCCC(C)N. The van der Waals surface area contributed by atoms with E-state index in [0.29, 0.717) is 6.04 Å². The van der Waals surface area contributed by atoms with Crippen LogP contribution in [0.1, 0.15) is 40.0 Å². The lowest BCUT2D eigenvalue weighted by Gasteiger charge is -2.23. The van der Waals surface area contributed by atoms with Crippen molar-refractivity contribution in [2.45, 2.75) is 46.1 Å². The van der Waals surface area contributed by atoms with Gasteiger partial charge >= 0.3 is 0 Å². The van der Waals surface area contributed by atoms with Crippen LogP contribution in [0.5, 0.6) is 0 Å². The van der Waals surface area contributed by atoms with Gasteiger partial charge in [0.1, 0.15) is 0 Å². The molecule has 2 N–H and O–H groups in total. The molecule has 0 rings (SSSR count). The van der Waals surface area contributed by atoms with Crippen LogP contribution < -0.4 is 5.73 Å². The van der Waals surface area contributed by atoms with Crippen LogP contribution >= 0.6 is 0 Å². The van der Waals surface area contributed by atoms with Crippen molar-refractivity contribution in [3.8, 4) is 0 Å². The molecule has 0 aromatic rings. The van der Waals surface area contributed by atoms with Gasteiger partial charge in [0, 0.05) is 19.1 Å². The minimum Gasteiger partial charge on any atom is -0.328 e. The van der Waals surface area contributed by atoms with Crippen LogP contribution in [0.15, 0.2) is 12.7 Å². The minimum atomic E-state index is 0.354. The summed E-state index contributed by atoms with van der Waals surface area (Å²) in [7, 11) is 0. The lowest BCUT2D eigenvalue weighted by Crippen LogP contribution is -2.28. The average Bonchev–Trinajstić information content (AvgIpc) is 2.16. The molecule has 0 radical (unpaired) electrons. The fraction of sp³-hybridized carbons (Fsp3) is 0.846. The Balaban J connectivity index is 3.60. The first-order chi connectivity index (χ1) is 7.10. The van der Waals surface area contributed by atoms with Crippen LogP contribution in [0.25, 0.3) is 0 Å². The number of nitrogens with two attached hydrogens (primary N) is 1. The molecule has 0 saturated heterocycles. The van der Waals surface area contributed by atoms with Gasteiger partial charge in [-0.25, -0.2) is 0 Å². The molecule has 0 bridgehead atoms. The van der Waals surface area contributed by atoms with Gasteiger partial charge in [0.25, 0.3) is 0 Å². The number of hydrogen-bond donors (Lipinski definition) is 1. The van der Waals surface area contributed by atoms with Crippen molar-refractivity contribution in [1.82, 2.24) is 4.90 Å². The lowest BCUT2D eigenvalue weighted by molar-refractivity contribution is 0.262. The predicted octanol–water partition coefficient (Wildman–Crippen LogP) is 2.65. The average molecular weight is 212 g/mol. The molecule has 2 unspecified atom stereocenters. The fourth-order valence-electron chi connectivity index (χ4n) is 1.84. The molecule has 90 valence electrons. The highest BCUT2D eigenvalue weighted by molar-refractivity contribution is 4.74. The van der Waals surface area contributed by atoms with Crippen molar-refractivity contribution < 1.29 is 0 Å². The van der Waals surface area contributed by atoms with Gasteiger partial charge in [-0.2, -0.15) is 0 Å². The van der Waals surface area contributed by atoms with Gasteiger partial charge in [0.05, 0.1) is 0 Å². The van der Waals surface area contributed by atoms with E-state index in [-0.39, 0.29) is 0 Å². The van der Waals surface area contributed by atoms with Crippen LogP contribution in [0.3, 0.4) is 0 Å². The minimum absolute atomic E-state index is 0.354. The third kappa shape index (κ3) is 8.64. The van der Waals surface area contributed by atoms with Crippen molar-refractivity contribution in [3.05, 3.63) is 12.7 Å². The maximum absolute atomic E-state index is 5.73. The van der Waals surface area contributed by atoms with E-state index >= 15 is 0 Å². The Morgan fingerprint density at radius 1 is 1.33 bits per heavy atom. The molecule has 0 heterocycles. The maximum atomic E-state index is 5.73. The second kappa shape index (κ2) is 8.93. The monoisotopic (exact) mass is 212 g/mol. The number of likely N-dealkylation sites (N-methyl/N-ethyl adjacent to an activating group) is 1. The van der Waals surface area contributed by atoms with Gasteiger partial charge < -0.3 is 5.73 Å². The summed E-state index contributed by atoms with van der Waals surface area (Å²) in [4.78, 5) is 2.43. The summed E-state index contributed by atoms with van der Waals surface area (Å²) in [5.41, 5.74) is 5.73. The summed E-state index contributed by atoms with van der Waals surface area (Å²) in [6.45, 7) is 13.7. The molecule has 2 heteroatoms. The normalized spacial score (nSPS) is 15.3. The Hall–Kier alpha value is -0.340. The van der Waals surface area contributed by atoms with Crippen LogP contribution in [-0.4, -0.2) is 30.6 Å². The Morgan fingerprint density at radius 2 is 2.00 bits per heavy atom. The third-order valence-corrected chi connectivity index (χ3v) is 2.76. The van der Waals surface area contributed by atoms with E-state index in [0.717, 1.165) is 25.4 Å². The van der Waals surface area contributed by atoms with Gasteiger partial charge in [0.15, 0.2) is 0 Å². The summed E-state index contributed by atoms with van der Waals surface area (Å²) in [6.07, 6.45) is 5.68. The molecule has 0 aliphatic rings. The fourth-order valence-corrected chi connectivity index (χ4v) is 1.84. The first kappa shape index (κ1) is 14.7. The molecule has 0 amide bonds. The second-order valence-electron chi connectivity index (χ2n) is 4.65. The van der Waals surface area contributed by atoms with E-state index in [1.165, 1.54) is 19.4 Å². The first-order valence-electron chi connectivity index (χ1n) is 6.19. The first-order valence-corrected chi connectivity index (χ1v) is 6.19. The Bertz CT molecular complexity index is 155. The zero-order chi connectivity index (χ0) is 11.7. The molecule has 0 aromatic heterocycles. The van der Waals surface area contributed by atoms with Crippen LogP contribution in [0.2, 0.25) is 0 Å². The molecular weight excluding hydrogens is 184 g/mol. The van der Waals surface area contributed by atoms with Crippen LogP contribution in [-0.2, 0) is 0 Å². The van der Waals surface area contributed by atoms with E-state index in [2.05, 4.69) is 32.3 Å². The highest BCUT2D eigenvalue weighted by Crippen LogP contribution is 2.10. The van der Waals surface area contributed by atoms with Gasteiger partial charge in [-0.15, -0.1) is 6.58 Å². The van der Waals surface area contributed by atoms with Crippen molar-refractivity contribution in [2.24, 2.45) is 11.7 Å². The molecule has 15 heavy (non-hydrogen) atoms. The summed E-state index contributed by atoms with van der Waals surface area (Å²) < 4.78 is 0. The van der Waals surface area contributed by atoms with E-state index < -0.39 is 0 Å². The van der Waals surface area contributed by atoms with Crippen molar-refractivity contribution in [2.75, 3.05) is 19.6 Å². The van der Waals surface area contributed by atoms with Gasteiger partial charge in [-0.3, -0.25) is 4.90 Å². The Labute approximate surface area is 95.5 Å². The van der Waals surface area contributed by atoms with E-state index in [1.807, 2.05) is 6.08 Å². The highest BCUT2D eigenvalue weighted by Gasteiger charge is 2.07. The molecule has 0 spiro atoms. The highest BCUT2D eigenvalue weighted by atomic mass is 15.1. The van der Waals surface area contributed by atoms with E-state index in [4.69, 9.17) is 5.73 Å². The maximum Gasteiger partial charge on any atom is 0.0160 e. The smallest absolute Gasteiger partial charge is 0.0160 e. The summed E-state index contributed by atoms with van der Waals surface area (Å²) in [5, 5.41) is 0. The lowest BCUT2D eigenvalue weighted by atomic mass is 10.0. The summed E-state index contributed by atoms with van der Waals surface area (Å²) >= 11 is 0. The van der Waals surface area contributed by atoms with Crippen molar-refractivity contribution in [1.29, 1.82) is 0 Å². The van der Waals surface area contributed by atoms with Crippen molar-refractivity contribution >= 4 is 0 Å². The van der Waals surface area contributed by atoms with Gasteiger partial charge in [-0.1, -0.05) is 26.3 Å². The quantitative estimate of drug-likeness (QED) is 0.595. The summed E-state index contributed by atoms with van der Waals surface area (Å²) in [6, 6.07) is 0.354. The van der Waals surface area contributed by atoms with Crippen LogP contribution in [0, 0.1) is 5.92 Å². The van der Waals surface area contributed by atoms with E-state index in [1.54, 1.807) is 0 Å². The number of rotatable bonds is 9. The molecule has 0 aliphatic carbocycles. The molecule has 2 atom stereocenters. The van der Waals surface area contributed by atoms with Crippen LogP contribution in [0.4, 0.5) is 0 Å². The van der Waals surface area contributed by atoms with Gasteiger partial charge in [0.2, 0.25) is 0 Å². The zero-order valence-corrected chi connectivity index (χ0v) is 10.7. The molecule has 2 nitrogen and oxygen atoms in total. The summed E-state index contributed by atoms with van der Waals surface area (Å²) in [5.74, 6) is 0.767. The zero-order valence-electron chi connectivity index (χ0n) is 10.7. The predicted molar refractivity (Wildman–Crippen MR) is 69.0 cm³/mol. The molecular formula is C13H28N2. The number of nitrogens with zero attached hydrogens (tertiary/aromatic N) is 1. The second-order valence-corrected chi connectivity index (χ2v) is 4.65. The van der Waals surface area contributed by atoms with E-state index in [9.17, 15) is 0 Å². The molecule has 0 fully saturated rings. The molecule has 0 aromatic carbocycles. The van der Waals surface area contributed by atoms with Gasteiger partial charge in [-0.05, 0) is 32.2 Å². The topological polar surface area (TPSA) is 29.3 Å². The van der Waals surface area contributed by atoms with Crippen molar-refractivity contribution in [3.63, 3.8) is 0 Å². The molecule has 0 aliphatic heterocycles. The largest absolute Gasteiger partial charge is 0.328 e. The third-order valence-electron chi connectivity index (χ3n) is 2.76.